The molecule has 0 bridgehead atoms. The summed E-state index contributed by atoms with van der Waals surface area (Å²) in [5.74, 6) is 0.191. The first-order chi connectivity index (χ1) is 24.9. The van der Waals surface area contributed by atoms with E-state index >= 15 is 0 Å². The van der Waals surface area contributed by atoms with E-state index in [2.05, 4.69) is 92.0 Å². The second-order valence-corrected chi connectivity index (χ2v) is 12.0. The molecule has 0 spiro atoms. The summed E-state index contributed by atoms with van der Waals surface area (Å²) in [7, 11) is 0. The Hall–Kier alpha value is -6.87. The molecule has 9 rings (SSSR count). The number of aromatic amines is 2. The van der Waals surface area contributed by atoms with Crippen molar-refractivity contribution in [3.05, 3.63) is 198 Å². The van der Waals surface area contributed by atoms with Crippen molar-refractivity contribution in [1.29, 1.82) is 0 Å². The highest BCUT2D eigenvalue weighted by Crippen LogP contribution is 2.65. The number of pyridine rings is 1. The maximum absolute atomic E-state index is 5.10. The molecule has 9 heteroatoms. The summed E-state index contributed by atoms with van der Waals surface area (Å²) < 4.78 is 0. The zero-order valence-electron chi connectivity index (χ0n) is 26.7. The van der Waals surface area contributed by atoms with Crippen LogP contribution in [0.3, 0.4) is 0 Å². The zero-order chi connectivity index (χ0) is 33.3. The predicted octanol–water partition coefficient (Wildman–Crippen LogP) is 7.57. The third-order valence-electron chi connectivity index (χ3n) is 9.48. The van der Waals surface area contributed by atoms with Gasteiger partial charge in [0.05, 0.1) is 28.2 Å². The number of imidazole rings is 1. The van der Waals surface area contributed by atoms with Gasteiger partial charge >= 0.3 is 0 Å². The van der Waals surface area contributed by atoms with Gasteiger partial charge in [0.2, 0.25) is 0 Å². The van der Waals surface area contributed by atoms with Gasteiger partial charge in [-0.25, -0.2) is 4.98 Å². The van der Waals surface area contributed by atoms with Gasteiger partial charge in [-0.3, -0.25) is 20.1 Å². The first kappa shape index (κ1) is 29.3. The molecule has 0 amide bonds. The van der Waals surface area contributed by atoms with Crippen LogP contribution in [0.15, 0.2) is 159 Å². The Balaban J connectivity index is 1.61. The third kappa shape index (κ3) is 4.59. The van der Waals surface area contributed by atoms with E-state index < -0.39 is 11.3 Å². The maximum atomic E-state index is 5.10. The number of fused-ring (bicyclic) bond motifs is 1. The molecule has 0 saturated carbocycles. The highest BCUT2D eigenvalue weighted by atomic mass is 15.1. The number of nitrogens with one attached hydrogen (secondary N) is 2. The number of benzene rings is 3. The van der Waals surface area contributed by atoms with E-state index in [4.69, 9.17) is 20.1 Å². The fourth-order valence-electron chi connectivity index (χ4n) is 7.69. The number of H-pyrrole nitrogens is 2. The summed E-state index contributed by atoms with van der Waals surface area (Å²) >= 11 is 0. The molecule has 9 nitrogen and oxygen atoms in total. The second-order valence-electron chi connectivity index (χ2n) is 12.0. The number of nitrogens with zero attached hydrogens (tertiary/aromatic N) is 7. The summed E-state index contributed by atoms with van der Waals surface area (Å²) in [4.78, 5) is 23.3. The van der Waals surface area contributed by atoms with Crippen LogP contribution >= 0.6 is 0 Å². The van der Waals surface area contributed by atoms with Crippen LogP contribution in [-0.4, -0.2) is 45.3 Å². The Bertz CT molecular complexity index is 2460. The highest BCUT2D eigenvalue weighted by molar-refractivity contribution is 6.26. The largest absolute Gasteiger partial charge is 0.345 e. The van der Waals surface area contributed by atoms with E-state index in [0.717, 1.165) is 61.3 Å². The Kier molecular flexibility index (Phi) is 7.20. The Labute approximate surface area is 287 Å². The van der Waals surface area contributed by atoms with Crippen molar-refractivity contribution in [1.82, 2.24) is 45.3 Å². The monoisotopic (exact) mass is 647 g/mol. The van der Waals surface area contributed by atoms with Gasteiger partial charge in [0.25, 0.3) is 0 Å². The number of allylic oxidation sites excluding steroid dienone is 4. The minimum Gasteiger partial charge on any atom is -0.345 e. The molecule has 5 heterocycles. The minimum absolute atomic E-state index is 0.509. The molecule has 0 saturated heterocycles. The predicted molar refractivity (Wildman–Crippen MR) is 193 cm³/mol. The second kappa shape index (κ2) is 12.3. The quantitative estimate of drug-likeness (QED) is 0.183. The summed E-state index contributed by atoms with van der Waals surface area (Å²) in [5, 5.41) is 19.3. The highest BCUT2D eigenvalue weighted by Gasteiger charge is 2.56. The molecule has 1 aliphatic rings. The molecular formula is C41H29N9. The Morgan fingerprint density at radius 2 is 1.48 bits per heavy atom. The van der Waals surface area contributed by atoms with Gasteiger partial charge in [-0.2, -0.15) is 15.3 Å². The first-order valence-electron chi connectivity index (χ1n) is 16.3. The van der Waals surface area contributed by atoms with Crippen LogP contribution in [0.5, 0.6) is 0 Å². The van der Waals surface area contributed by atoms with E-state index in [-0.39, 0.29) is 0 Å². The third-order valence-corrected chi connectivity index (χ3v) is 9.48. The van der Waals surface area contributed by atoms with Gasteiger partial charge < -0.3 is 4.98 Å². The van der Waals surface area contributed by atoms with Crippen molar-refractivity contribution < 1.29 is 0 Å². The van der Waals surface area contributed by atoms with Crippen LogP contribution in [-0.2, 0) is 5.41 Å². The fraction of sp³-hybridized carbons (Fsp3) is 0.0488. The number of rotatable bonds is 7. The van der Waals surface area contributed by atoms with E-state index in [1.54, 1.807) is 31.0 Å². The summed E-state index contributed by atoms with van der Waals surface area (Å²) in [6, 6.07) is 37.5. The summed E-state index contributed by atoms with van der Waals surface area (Å²) in [5.41, 5.74) is 7.71. The van der Waals surface area contributed by atoms with Gasteiger partial charge in [0, 0.05) is 77.8 Å². The molecule has 1 aliphatic carbocycles. The standard InChI is InChI=1S/C41H29N9/c1-2-12-28(13-3-1)41(30-15-8-11-27-10-4-5-14-29(27)30)38(34-26-42-22-23-44-34)36(32-17-9-20-47-49-32)35(31-16-6-7-19-43-31)37(33-18-21-48-50-33)39(41)40-45-24-25-46-40/h1-26,38H,(H,45,46)(H,48,50). The molecule has 0 fully saturated rings. The van der Waals surface area contributed by atoms with Crippen LogP contribution in [0, 0.1) is 0 Å². The zero-order valence-corrected chi connectivity index (χ0v) is 26.7. The van der Waals surface area contributed by atoms with Crippen molar-refractivity contribution in [2.45, 2.75) is 11.3 Å². The molecule has 3 aromatic carbocycles. The number of hydrogen-bond acceptors (Lipinski definition) is 7. The molecule has 2 N–H and O–H groups in total. The molecular weight excluding hydrogens is 619 g/mol. The van der Waals surface area contributed by atoms with Crippen molar-refractivity contribution in [3.8, 4) is 0 Å². The lowest BCUT2D eigenvalue weighted by Crippen LogP contribution is -2.41. The van der Waals surface area contributed by atoms with E-state index in [9.17, 15) is 0 Å². The number of hydrogen-bond donors (Lipinski definition) is 2. The van der Waals surface area contributed by atoms with Gasteiger partial charge in [-0.1, -0.05) is 78.9 Å². The van der Waals surface area contributed by atoms with Crippen LogP contribution in [0.4, 0.5) is 0 Å². The van der Waals surface area contributed by atoms with Crippen LogP contribution in [0.25, 0.3) is 33.1 Å². The van der Waals surface area contributed by atoms with Crippen LogP contribution in [0.1, 0.15) is 45.6 Å². The van der Waals surface area contributed by atoms with Gasteiger partial charge in [0.15, 0.2) is 0 Å². The fourth-order valence-corrected chi connectivity index (χ4v) is 7.69. The van der Waals surface area contributed by atoms with Crippen molar-refractivity contribution in [2.24, 2.45) is 0 Å². The molecule has 0 radical (unpaired) electrons. The minimum atomic E-state index is -0.985. The summed E-state index contributed by atoms with van der Waals surface area (Å²) in [6.07, 6.45) is 14.3. The topological polar surface area (TPSA) is 122 Å². The Morgan fingerprint density at radius 1 is 0.620 bits per heavy atom. The van der Waals surface area contributed by atoms with Crippen LogP contribution < -0.4 is 0 Å². The molecule has 2 unspecified atom stereocenters. The first-order valence-corrected chi connectivity index (χ1v) is 16.3. The van der Waals surface area contributed by atoms with Gasteiger partial charge in [-0.05, 0) is 52.2 Å². The van der Waals surface area contributed by atoms with E-state index in [1.165, 1.54) is 0 Å². The normalized spacial score (nSPS) is 17.7. The lowest BCUT2D eigenvalue weighted by atomic mass is 9.52. The molecule has 5 aromatic heterocycles. The lowest BCUT2D eigenvalue weighted by molar-refractivity contribution is 0.583. The van der Waals surface area contributed by atoms with E-state index in [1.807, 2.05) is 61.1 Å². The molecule has 238 valence electrons. The van der Waals surface area contributed by atoms with Gasteiger partial charge in [0.1, 0.15) is 5.82 Å². The van der Waals surface area contributed by atoms with Gasteiger partial charge in [-0.15, -0.1) is 0 Å². The molecule has 50 heavy (non-hydrogen) atoms. The smallest absolute Gasteiger partial charge is 0.135 e. The SMILES string of the molecule is c1ccc(C2(c3cccc4ccccc34)C(c3ncc[nH]3)=C(c3ccn[nH]3)C(c3ccccn3)=C(c3cccnn3)C2c2cnccn2)cc1. The molecule has 0 aliphatic heterocycles. The van der Waals surface area contributed by atoms with E-state index in [0.29, 0.717) is 11.5 Å². The van der Waals surface area contributed by atoms with Crippen molar-refractivity contribution in [2.75, 3.05) is 0 Å². The lowest BCUT2D eigenvalue weighted by Gasteiger charge is -2.48. The average Bonchev–Trinajstić information content (AvgIpc) is 3.94. The average molecular weight is 648 g/mol. The molecule has 8 aromatic rings. The van der Waals surface area contributed by atoms with Crippen LogP contribution in [0.2, 0.25) is 0 Å². The van der Waals surface area contributed by atoms with Crippen molar-refractivity contribution in [3.63, 3.8) is 0 Å². The maximum Gasteiger partial charge on any atom is 0.135 e. The van der Waals surface area contributed by atoms with Crippen molar-refractivity contribution >= 4 is 33.1 Å². The number of aromatic nitrogens is 9. The summed E-state index contributed by atoms with van der Waals surface area (Å²) in [6.45, 7) is 0. The Morgan fingerprint density at radius 3 is 2.24 bits per heavy atom. The molecule has 2 atom stereocenters.